The van der Waals surface area contributed by atoms with Crippen LogP contribution in [-0.4, -0.2) is 53.7 Å². The first-order chi connectivity index (χ1) is 10.4. The number of nitrogens with zero attached hydrogens (tertiary/aromatic N) is 1. The fourth-order valence-corrected chi connectivity index (χ4v) is 2.80. The van der Waals surface area contributed by atoms with E-state index in [1.54, 1.807) is 25.7 Å². The van der Waals surface area contributed by atoms with Crippen molar-refractivity contribution in [3.63, 3.8) is 0 Å². The number of aromatic amines is 1. The predicted molar refractivity (Wildman–Crippen MR) is 82.1 cm³/mol. The summed E-state index contributed by atoms with van der Waals surface area (Å²) in [6.45, 7) is 10.6. The van der Waals surface area contributed by atoms with Crippen molar-refractivity contribution in [2.45, 2.75) is 46.8 Å². The Bertz CT molecular complexity index is 579. The van der Waals surface area contributed by atoms with Crippen LogP contribution in [0.5, 0.6) is 0 Å². The van der Waals surface area contributed by atoms with Gasteiger partial charge in [-0.25, -0.2) is 4.79 Å². The van der Waals surface area contributed by atoms with Crippen LogP contribution in [0.15, 0.2) is 0 Å². The highest BCUT2D eigenvalue weighted by Gasteiger charge is 2.31. The molecule has 1 N–H and O–H groups in total. The third-order valence-corrected chi connectivity index (χ3v) is 4.00. The van der Waals surface area contributed by atoms with Crippen LogP contribution in [0, 0.1) is 13.8 Å². The molecule has 122 valence electrons. The molecule has 2 unspecified atom stereocenters. The molecule has 0 bridgehead atoms. The monoisotopic (exact) mass is 308 g/mol. The highest BCUT2D eigenvalue weighted by molar-refractivity contribution is 6.00. The molecule has 1 aliphatic rings. The van der Waals surface area contributed by atoms with Crippen molar-refractivity contribution >= 4 is 11.9 Å². The van der Waals surface area contributed by atoms with Gasteiger partial charge in [-0.15, -0.1) is 0 Å². The number of hydrogen-bond donors (Lipinski definition) is 1. The Morgan fingerprint density at radius 2 is 2.05 bits per heavy atom. The molecule has 2 heterocycles. The molecule has 2 atom stereocenters. The number of carbonyl (C=O) groups excluding carboxylic acids is 2. The van der Waals surface area contributed by atoms with Gasteiger partial charge in [0.15, 0.2) is 0 Å². The second-order valence-electron chi connectivity index (χ2n) is 5.80. The zero-order valence-corrected chi connectivity index (χ0v) is 13.9. The maximum Gasteiger partial charge on any atom is 0.340 e. The molecule has 1 aromatic heterocycles. The fraction of sp³-hybridized carbons (Fsp3) is 0.625. The van der Waals surface area contributed by atoms with Crippen LogP contribution in [0.3, 0.4) is 0 Å². The summed E-state index contributed by atoms with van der Waals surface area (Å²) >= 11 is 0. The Balaban J connectivity index is 2.31. The first kappa shape index (κ1) is 16.5. The molecule has 0 aliphatic carbocycles. The first-order valence-electron chi connectivity index (χ1n) is 7.65. The second kappa shape index (κ2) is 6.52. The van der Waals surface area contributed by atoms with Gasteiger partial charge in [0.25, 0.3) is 5.91 Å². The molecular weight excluding hydrogens is 284 g/mol. The number of H-pyrrole nitrogens is 1. The van der Waals surface area contributed by atoms with Crippen molar-refractivity contribution in [2.24, 2.45) is 0 Å². The van der Waals surface area contributed by atoms with Gasteiger partial charge in [-0.1, -0.05) is 0 Å². The number of rotatable bonds is 3. The molecule has 1 saturated heterocycles. The van der Waals surface area contributed by atoms with Crippen LogP contribution < -0.4 is 0 Å². The maximum absolute atomic E-state index is 12.8. The number of morpholine rings is 1. The zero-order chi connectivity index (χ0) is 16.4. The Kier molecular flexibility index (Phi) is 4.90. The standard InChI is InChI=1S/C16H24N2O4/c1-6-21-16(20)13-11(4)14(17-12(13)5)15(19)18-7-10(3)22-8-9(18)2/h9-10,17H,6-8H2,1-5H3. The van der Waals surface area contributed by atoms with E-state index in [-0.39, 0.29) is 18.1 Å². The molecule has 0 aromatic carbocycles. The van der Waals surface area contributed by atoms with Gasteiger partial charge in [0, 0.05) is 12.2 Å². The molecule has 1 aromatic rings. The average molecular weight is 308 g/mol. The van der Waals surface area contributed by atoms with E-state index in [1.165, 1.54) is 0 Å². The van der Waals surface area contributed by atoms with Crippen LogP contribution in [0.25, 0.3) is 0 Å². The Morgan fingerprint density at radius 3 is 2.68 bits per heavy atom. The lowest BCUT2D eigenvalue weighted by atomic mass is 10.1. The lowest BCUT2D eigenvalue weighted by molar-refractivity contribution is -0.0389. The van der Waals surface area contributed by atoms with Gasteiger partial charge in [-0.05, 0) is 40.2 Å². The largest absolute Gasteiger partial charge is 0.462 e. The van der Waals surface area contributed by atoms with E-state index < -0.39 is 5.97 Å². The molecule has 0 spiro atoms. The highest BCUT2D eigenvalue weighted by atomic mass is 16.5. The number of carbonyl (C=O) groups is 2. The summed E-state index contributed by atoms with van der Waals surface area (Å²) in [5.41, 5.74) is 2.22. The molecule has 22 heavy (non-hydrogen) atoms. The first-order valence-corrected chi connectivity index (χ1v) is 7.65. The smallest absolute Gasteiger partial charge is 0.340 e. The number of nitrogens with one attached hydrogen (secondary N) is 1. The average Bonchev–Trinajstić information content (AvgIpc) is 2.76. The molecule has 6 nitrogen and oxygen atoms in total. The molecule has 2 rings (SSSR count). The van der Waals surface area contributed by atoms with Crippen LogP contribution in [0.1, 0.15) is 52.9 Å². The van der Waals surface area contributed by atoms with Crippen molar-refractivity contribution in [2.75, 3.05) is 19.8 Å². The summed E-state index contributed by atoms with van der Waals surface area (Å²) in [5, 5.41) is 0. The van der Waals surface area contributed by atoms with Crippen LogP contribution >= 0.6 is 0 Å². The number of ether oxygens (including phenoxy) is 2. The van der Waals surface area contributed by atoms with Gasteiger partial charge in [0.2, 0.25) is 0 Å². The summed E-state index contributed by atoms with van der Waals surface area (Å²) in [6, 6.07) is 0.0118. The molecule has 0 radical (unpaired) electrons. The summed E-state index contributed by atoms with van der Waals surface area (Å²) in [4.78, 5) is 29.7. The quantitative estimate of drug-likeness (QED) is 0.868. The van der Waals surface area contributed by atoms with Crippen molar-refractivity contribution < 1.29 is 19.1 Å². The van der Waals surface area contributed by atoms with Gasteiger partial charge < -0.3 is 19.4 Å². The van der Waals surface area contributed by atoms with E-state index in [1.807, 2.05) is 13.8 Å². The van der Waals surface area contributed by atoms with Gasteiger partial charge in [-0.2, -0.15) is 0 Å². The number of aromatic nitrogens is 1. The lowest BCUT2D eigenvalue weighted by Crippen LogP contribution is -2.50. The number of hydrogen-bond acceptors (Lipinski definition) is 4. The zero-order valence-electron chi connectivity index (χ0n) is 13.9. The summed E-state index contributed by atoms with van der Waals surface area (Å²) < 4.78 is 10.6. The third-order valence-electron chi connectivity index (χ3n) is 4.00. The summed E-state index contributed by atoms with van der Waals surface area (Å²) in [6.07, 6.45) is 0.0149. The lowest BCUT2D eigenvalue weighted by Gasteiger charge is -2.36. The minimum atomic E-state index is -0.392. The van der Waals surface area contributed by atoms with E-state index in [9.17, 15) is 9.59 Å². The van der Waals surface area contributed by atoms with E-state index >= 15 is 0 Å². The van der Waals surface area contributed by atoms with Crippen molar-refractivity contribution in [3.05, 3.63) is 22.5 Å². The third kappa shape index (κ3) is 3.02. The van der Waals surface area contributed by atoms with Crippen molar-refractivity contribution in [1.82, 2.24) is 9.88 Å². The van der Waals surface area contributed by atoms with E-state index in [0.717, 1.165) is 0 Å². The van der Waals surface area contributed by atoms with Crippen LogP contribution in [0.2, 0.25) is 0 Å². The van der Waals surface area contributed by atoms with Gasteiger partial charge in [-0.3, -0.25) is 4.79 Å². The fourth-order valence-electron chi connectivity index (χ4n) is 2.80. The highest BCUT2D eigenvalue weighted by Crippen LogP contribution is 2.22. The van der Waals surface area contributed by atoms with E-state index in [0.29, 0.717) is 42.3 Å². The number of esters is 1. The number of aryl methyl sites for hydroxylation is 1. The summed E-state index contributed by atoms with van der Waals surface area (Å²) in [5.74, 6) is -0.491. The minimum absolute atomic E-state index is 0.0118. The molecule has 6 heteroatoms. The van der Waals surface area contributed by atoms with Crippen molar-refractivity contribution in [1.29, 1.82) is 0 Å². The van der Waals surface area contributed by atoms with E-state index in [4.69, 9.17) is 9.47 Å². The Hall–Kier alpha value is -1.82. The normalized spacial score (nSPS) is 21.8. The summed E-state index contributed by atoms with van der Waals surface area (Å²) in [7, 11) is 0. The molecule has 1 amide bonds. The van der Waals surface area contributed by atoms with Crippen LogP contribution in [0.4, 0.5) is 0 Å². The maximum atomic E-state index is 12.8. The number of amides is 1. The van der Waals surface area contributed by atoms with Gasteiger partial charge in [0.05, 0.1) is 30.9 Å². The Labute approximate surface area is 130 Å². The molecule has 0 saturated carbocycles. The van der Waals surface area contributed by atoms with E-state index in [2.05, 4.69) is 4.98 Å². The van der Waals surface area contributed by atoms with Crippen molar-refractivity contribution in [3.8, 4) is 0 Å². The SMILES string of the molecule is CCOC(=O)c1c(C)[nH]c(C(=O)N2CC(C)OCC2C)c1C. The van der Waals surface area contributed by atoms with Gasteiger partial charge in [0.1, 0.15) is 5.69 Å². The molecule has 1 fully saturated rings. The Morgan fingerprint density at radius 1 is 1.36 bits per heavy atom. The second-order valence-corrected chi connectivity index (χ2v) is 5.80. The predicted octanol–water partition coefficient (Wildman–Crippen LogP) is 2.06. The topological polar surface area (TPSA) is 71.6 Å². The molecule has 1 aliphatic heterocycles. The minimum Gasteiger partial charge on any atom is -0.462 e. The van der Waals surface area contributed by atoms with Crippen LogP contribution in [-0.2, 0) is 9.47 Å². The molecular formula is C16H24N2O4. The van der Waals surface area contributed by atoms with Gasteiger partial charge >= 0.3 is 5.97 Å².